The first-order valence-electron chi connectivity index (χ1n) is 20.3. The Balaban J connectivity index is 0.000000404. The van der Waals surface area contributed by atoms with Gasteiger partial charge in [-0.05, 0) is 116 Å². The number of aldehydes is 3. The summed E-state index contributed by atoms with van der Waals surface area (Å²) < 4.78 is 11.2. The predicted molar refractivity (Wildman–Crippen MR) is 266 cm³/mol. The lowest BCUT2D eigenvalue weighted by atomic mass is 10.1. The molecule has 354 valence electrons. The fourth-order valence-electron chi connectivity index (χ4n) is 5.20. The lowest BCUT2D eigenvalue weighted by Gasteiger charge is -2.04. The summed E-state index contributed by atoms with van der Waals surface area (Å²) >= 11 is 6.70. The van der Waals surface area contributed by atoms with Crippen LogP contribution in [-0.2, 0) is 29.3 Å². The first-order valence-corrected chi connectivity index (χ1v) is 21.9. The summed E-state index contributed by atoms with van der Waals surface area (Å²) in [5.74, 6) is -1.74. The number of aliphatic hydroxyl groups is 3. The van der Waals surface area contributed by atoms with Gasteiger partial charge in [-0.25, -0.2) is 14.4 Å². The van der Waals surface area contributed by atoms with Gasteiger partial charge in [-0.15, -0.1) is 0 Å². The van der Waals surface area contributed by atoms with Gasteiger partial charge in [0, 0.05) is 25.6 Å². The number of aryl methyl sites for hydroxylation is 6. The average molecular weight is 1040 g/mol. The number of benzene rings is 6. The highest BCUT2D eigenvalue weighted by atomic mass is 79.9. The quantitative estimate of drug-likeness (QED) is 0.0790. The molecule has 0 radical (unpaired) electrons. The number of carboxylic acids is 1. The third kappa shape index (κ3) is 21.2. The zero-order valence-corrected chi connectivity index (χ0v) is 41.8. The molecule has 6 rings (SSSR count). The number of methoxy groups -OCH3 is 2. The van der Waals surface area contributed by atoms with E-state index in [0.29, 0.717) is 45.2 Å². The van der Waals surface area contributed by atoms with Crippen LogP contribution >= 0.6 is 31.9 Å². The molecule has 6 aromatic rings. The molecular formula is C53H56Br2O12. The van der Waals surface area contributed by atoms with E-state index >= 15 is 0 Å². The smallest absolute Gasteiger partial charge is 0.338 e. The molecule has 0 heterocycles. The van der Waals surface area contributed by atoms with Crippen LogP contribution in [-0.4, -0.2) is 71.4 Å². The summed E-state index contributed by atoms with van der Waals surface area (Å²) in [4.78, 5) is 63.8. The third-order valence-electron chi connectivity index (χ3n) is 9.37. The van der Waals surface area contributed by atoms with E-state index in [4.69, 9.17) is 20.4 Å². The van der Waals surface area contributed by atoms with Gasteiger partial charge in [0.1, 0.15) is 18.9 Å². The van der Waals surface area contributed by atoms with Gasteiger partial charge in [-0.3, -0.25) is 14.4 Å². The zero-order valence-electron chi connectivity index (χ0n) is 38.6. The summed E-state index contributed by atoms with van der Waals surface area (Å²) in [6.45, 7) is 11.3. The number of esters is 2. The minimum atomic E-state index is -0.956. The first-order chi connectivity index (χ1) is 31.8. The van der Waals surface area contributed by atoms with Crippen LogP contribution in [0.25, 0.3) is 0 Å². The Hall–Kier alpha value is -6.42. The Morgan fingerprint density at radius 1 is 0.448 bits per heavy atom. The van der Waals surface area contributed by atoms with Crippen LogP contribution in [0.2, 0.25) is 0 Å². The number of carbonyl (C=O) groups excluding carboxylic acids is 5. The molecule has 0 spiro atoms. The van der Waals surface area contributed by atoms with Crippen LogP contribution in [0.1, 0.15) is 112 Å². The fourth-order valence-corrected chi connectivity index (χ4v) is 6.02. The van der Waals surface area contributed by atoms with E-state index in [1.807, 2.05) is 82.3 Å². The van der Waals surface area contributed by atoms with Gasteiger partial charge >= 0.3 is 17.9 Å². The summed E-state index contributed by atoms with van der Waals surface area (Å²) in [5, 5.41) is 35.0. The molecule has 0 bridgehead atoms. The van der Waals surface area contributed by atoms with E-state index in [1.165, 1.54) is 37.5 Å². The second-order valence-corrected chi connectivity index (χ2v) is 16.2. The predicted octanol–water partition coefficient (Wildman–Crippen LogP) is 10.7. The highest BCUT2D eigenvalue weighted by molar-refractivity contribution is 9.10. The van der Waals surface area contributed by atoms with Crippen molar-refractivity contribution in [2.24, 2.45) is 0 Å². The summed E-state index contributed by atoms with van der Waals surface area (Å²) in [7, 11) is 2.66. The number of halogens is 2. The van der Waals surface area contributed by atoms with Crippen molar-refractivity contribution < 1.29 is 58.7 Å². The monoisotopic (exact) mass is 1040 g/mol. The second-order valence-electron chi connectivity index (χ2n) is 14.5. The van der Waals surface area contributed by atoms with Crippen molar-refractivity contribution in [3.63, 3.8) is 0 Å². The van der Waals surface area contributed by atoms with Crippen LogP contribution in [0.15, 0.2) is 124 Å². The van der Waals surface area contributed by atoms with Crippen LogP contribution < -0.4 is 0 Å². The number of aliphatic hydroxyl groups excluding tert-OH is 3. The minimum Gasteiger partial charge on any atom is -0.478 e. The minimum absolute atomic E-state index is 0.0652. The molecule has 14 heteroatoms. The summed E-state index contributed by atoms with van der Waals surface area (Å²) in [5.41, 5.74) is 11.3. The van der Waals surface area contributed by atoms with E-state index in [2.05, 4.69) is 41.3 Å². The molecule has 4 N–H and O–H groups in total. The standard InChI is InChI=1S/C10H12O3.C10H10O3.C9H10O3.C8H9BrO.C8H7BrO.C8H8O/c2*1-7-3-4-8(6-11)5-9(7)10(12)13-2;1-6-2-3-7(5-10)4-8(6)9(11)12;2*1-6-2-3-7(5-10)4-8(6)9;1-7-2-4-8(6-9)5-3-7/h3-5,11H,6H2,1-2H3;3-6H,1-2H3;2-4,10H,5H2,1H3,(H,11,12);2-4,10H,5H2,1H3;2-5H,1H3;2-6H,1H3. The molecule has 0 atom stereocenters. The Morgan fingerprint density at radius 3 is 1.16 bits per heavy atom. The maximum absolute atomic E-state index is 11.2. The molecule has 6 aromatic carbocycles. The third-order valence-corrected chi connectivity index (χ3v) is 11.1. The molecule has 0 aliphatic heterocycles. The SMILES string of the molecule is COC(=O)c1cc(C=O)ccc1C.COC(=O)c1cc(CO)ccc1C.Cc1ccc(C=O)cc1.Cc1ccc(C=O)cc1Br.Cc1ccc(CO)cc1Br.Cc1ccc(CO)cc1C(=O)O. The van der Waals surface area contributed by atoms with Crippen LogP contribution in [0.3, 0.4) is 0 Å². The fraction of sp³-hybridized carbons (Fsp3) is 0.208. The highest BCUT2D eigenvalue weighted by Gasteiger charge is 2.10. The molecule has 67 heavy (non-hydrogen) atoms. The molecule has 0 unspecified atom stereocenters. The number of hydrogen-bond acceptors (Lipinski definition) is 11. The molecule has 0 aliphatic carbocycles. The number of carbonyl (C=O) groups is 6. The molecule has 0 aromatic heterocycles. The first kappa shape index (κ1) is 58.6. The molecular weight excluding hydrogens is 988 g/mol. The van der Waals surface area contributed by atoms with Gasteiger partial charge in [0.25, 0.3) is 0 Å². The van der Waals surface area contributed by atoms with Crippen molar-refractivity contribution in [2.75, 3.05) is 14.2 Å². The molecule has 0 amide bonds. The van der Waals surface area contributed by atoms with E-state index in [-0.39, 0.29) is 31.4 Å². The van der Waals surface area contributed by atoms with Crippen LogP contribution in [0.4, 0.5) is 0 Å². The van der Waals surface area contributed by atoms with Crippen molar-refractivity contribution in [3.05, 3.63) is 208 Å². The maximum atomic E-state index is 11.2. The average Bonchev–Trinajstić information content (AvgIpc) is 3.34. The Labute approximate surface area is 408 Å². The lowest BCUT2D eigenvalue weighted by molar-refractivity contribution is 0.0590. The van der Waals surface area contributed by atoms with Gasteiger partial charge in [0.05, 0.1) is 50.7 Å². The van der Waals surface area contributed by atoms with Crippen molar-refractivity contribution >= 4 is 68.6 Å². The molecule has 0 aliphatic rings. The molecule has 12 nitrogen and oxygen atoms in total. The highest BCUT2D eigenvalue weighted by Crippen LogP contribution is 2.18. The van der Waals surface area contributed by atoms with E-state index in [1.54, 1.807) is 62.4 Å². The Morgan fingerprint density at radius 2 is 0.776 bits per heavy atom. The van der Waals surface area contributed by atoms with Crippen molar-refractivity contribution in [1.82, 2.24) is 0 Å². The maximum Gasteiger partial charge on any atom is 0.338 e. The van der Waals surface area contributed by atoms with E-state index in [9.17, 15) is 28.8 Å². The zero-order chi connectivity index (χ0) is 50.6. The van der Waals surface area contributed by atoms with E-state index < -0.39 is 11.9 Å². The largest absolute Gasteiger partial charge is 0.478 e. The molecule has 0 fully saturated rings. The van der Waals surface area contributed by atoms with Crippen LogP contribution in [0, 0.1) is 41.5 Å². The normalized spacial score (nSPS) is 9.57. The lowest BCUT2D eigenvalue weighted by Crippen LogP contribution is -2.04. The van der Waals surface area contributed by atoms with Crippen molar-refractivity contribution in [3.8, 4) is 0 Å². The van der Waals surface area contributed by atoms with Gasteiger partial charge < -0.3 is 29.9 Å². The van der Waals surface area contributed by atoms with Gasteiger partial charge in [0.15, 0.2) is 0 Å². The summed E-state index contributed by atoms with van der Waals surface area (Å²) in [6.07, 6.45) is 2.38. The van der Waals surface area contributed by atoms with Crippen molar-refractivity contribution in [2.45, 2.75) is 61.4 Å². The van der Waals surface area contributed by atoms with Gasteiger partial charge in [-0.2, -0.15) is 0 Å². The Kier molecular flexibility index (Phi) is 27.5. The topological polar surface area (TPSA) is 202 Å². The van der Waals surface area contributed by atoms with E-state index in [0.717, 1.165) is 49.3 Å². The number of carboxylic acid groups (broad SMARTS) is 1. The number of ether oxygens (including phenoxy) is 2. The van der Waals surface area contributed by atoms with Crippen LogP contribution in [0.5, 0.6) is 0 Å². The van der Waals surface area contributed by atoms with Crippen molar-refractivity contribution in [1.29, 1.82) is 0 Å². The number of rotatable bonds is 9. The van der Waals surface area contributed by atoms with Gasteiger partial charge in [-0.1, -0.05) is 122 Å². The molecule has 0 saturated heterocycles. The van der Waals surface area contributed by atoms with Gasteiger partial charge in [0.2, 0.25) is 0 Å². The summed E-state index contributed by atoms with van der Waals surface area (Å²) in [6, 6.07) is 33.8. The number of hydrogen-bond donors (Lipinski definition) is 4. The Bertz CT molecular complexity index is 2570. The second kappa shape index (κ2) is 31.5. The molecule has 0 saturated carbocycles. The number of aromatic carboxylic acids is 1.